The lowest BCUT2D eigenvalue weighted by atomic mass is 10.1. The van der Waals surface area contributed by atoms with E-state index in [0.29, 0.717) is 29.3 Å². The van der Waals surface area contributed by atoms with Crippen molar-refractivity contribution in [3.63, 3.8) is 0 Å². The summed E-state index contributed by atoms with van der Waals surface area (Å²) in [5.74, 6) is 0. The zero-order chi connectivity index (χ0) is 19.8. The van der Waals surface area contributed by atoms with Crippen LogP contribution >= 0.6 is 22.9 Å². The minimum Gasteiger partial charge on any atom is -0.327 e. The molecular formula is C20H13ClN6OS. The first-order valence-electron chi connectivity index (χ1n) is 8.74. The number of aromatic nitrogens is 5. The zero-order valence-corrected chi connectivity index (χ0v) is 16.5. The molecule has 0 saturated heterocycles. The molecule has 0 bridgehead atoms. The molecule has 2 aromatic carbocycles. The third-order valence-electron chi connectivity index (χ3n) is 4.57. The number of carbonyl (C=O) groups is 1. The minimum atomic E-state index is 0.445. The van der Waals surface area contributed by atoms with Crippen LogP contribution in [0.3, 0.4) is 0 Å². The van der Waals surface area contributed by atoms with Crippen molar-refractivity contribution in [3.05, 3.63) is 64.6 Å². The highest BCUT2D eigenvalue weighted by Crippen LogP contribution is 2.28. The maximum absolute atomic E-state index is 10.6. The van der Waals surface area contributed by atoms with Crippen LogP contribution in [0, 0.1) is 0 Å². The van der Waals surface area contributed by atoms with Gasteiger partial charge in [-0.2, -0.15) is 0 Å². The van der Waals surface area contributed by atoms with Crippen molar-refractivity contribution in [1.82, 2.24) is 25.0 Å². The van der Waals surface area contributed by atoms with Crippen molar-refractivity contribution >= 4 is 56.4 Å². The van der Waals surface area contributed by atoms with Crippen LogP contribution in [0.25, 0.3) is 32.6 Å². The van der Waals surface area contributed by atoms with Crippen LogP contribution in [-0.2, 0) is 11.3 Å². The molecular weight excluding hydrogens is 408 g/mol. The predicted octanol–water partition coefficient (Wildman–Crippen LogP) is 4.37. The normalized spacial score (nSPS) is 11.2. The highest BCUT2D eigenvalue weighted by molar-refractivity contribution is 7.16. The molecule has 5 aromatic rings. The van der Waals surface area contributed by atoms with E-state index in [2.05, 4.69) is 26.7 Å². The molecule has 3 aromatic heterocycles. The van der Waals surface area contributed by atoms with Gasteiger partial charge < -0.3 is 5.32 Å². The Kier molecular flexibility index (Phi) is 4.42. The Balaban J connectivity index is 1.51. The van der Waals surface area contributed by atoms with Crippen molar-refractivity contribution < 1.29 is 4.79 Å². The van der Waals surface area contributed by atoms with Crippen molar-refractivity contribution in [1.29, 1.82) is 0 Å². The van der Waals surface area contributed by atoms with Crippen LogP contribution in [0.5, 0.6) is 0 Å². The number of thiazole rings is 1. The summed E-state index contributed by atoms with van der Waals surface area (Å²) in [7, 11) is 0. The largest absolute Gasteiger partial charge is 0.327 e. The molecule has 142 valence electrons. The number of pyridine rings is 1. The molecule has 29 heavy (non-hydrogen) atoms. The lowest BCUT2D eigenvalue weighted by Crippen LogP contribution is -2.03. The van der Waals surface area contributed by atoms with Crippen molar-refractivity contribution in [2.75, 3.05) is 5.32 Å². The molecule has 0 atom stereocenters. The Labute approximate surface area is 174 Å². The van der Waals surface area contributed by atoms with Crippen molar-refractivity contribution in [2.24, 2.45) is 0 Å². The highest BCUT2D eigenvalue weighted by atomic mass is 35.5. The summed E-state index contributed by atoms with van der Waals surface area (Å²) < 4.78 is 2.92. The Bertz CT molecular complexity index is 1360. The van der Waals surface area contributed by atoms with Crippen LogP contribution < -0.4 is 5.32 Å². The first-order valence-corrected chi connectivity index (χ1v) is 9.99. The van der Waals surface area contributed by atoms with Gasteiger partial charge in [-0.25, -0.2) is 14.6 Å². The van der Waals surface area contributed by atoms with Crippen LogP contribution in [0.15, 0.2) is 54.0 Å². The molecule has 3 heterocycles. The average Bonchev–Trinajstić information content (AvgIpc) is 3.36. The van der Waals surface area contributed by atoms with Gasteiger partial charge in [-0.1, -0.05) is 28.9 Å². The number of nitrogens with one attached hydrogen (secondary N) is 1. The van der Waals surface area contributed by atoms with Gasteiger partial charge in [0, 0.05) is 5.56 Å². The van der Waals surface area contributed by atoms with E-state index in [0.717, 1.165) is 32.6 Å². The molecule has 1 amide bonds. The number of fused-ring (bicyclic) bond motifs is 2. The molecule has 0 fully saturated rings. The smallest absolute Gasteiger partial charge is 0.211 e. The van der Waals surface area contributed by atoms with Crippen LogP contribution in [0.2, 0.25) is 5.02 Å². The molecule has 5 rings (SSSR count). The summed E-state index contributed by atoms with van der Waals surface area (Å²) in [5, 5.41) is 11.5. The van der Waals surface area contributed by atoms with Gasteiger partial charge in [-0.3, -0.25) is 4.79 Å². The fourth-order valence-corrected chi connectivity index (χ4v) is 4.12. The molecule has 0 aliphatic carbocycles. The van der Waals surface area contributed by atoms with Gasteiger partial charge in [-0.15, -0.1) is 16.4 Å². The van der Waals surface area contributed by atoms with Gasteiger partial charge in [-0.05, 0) is 42.0 Å². The molecule has 0 aliphatic rings. The number of rotatable bonds is 5. The maximum Gasteiger partial charge on any atom is 0.211 e. The minimum absolute atomic E-state index is 0.445. The predicted molar refractivity (Wildman–Crippen MR) is 114 cm³/mol. The number of hydrogen-bond donors (Lipinski definition) is 1. The van der Waals surface area contributed by atoms with E-state index in [1.807, 2.05) is 35.8 Å². The summed E-state index contributed by atoms with van der Waals surface area (Å²) in [6.45, 7) is 0.559. The monoisotopic (exact) mass is 420 g/mol. The highest BCUT2D eigenvalue weighted by Gasteiger charge is 2.11. The quantitative estimate of drug-likeness (QED) is 0.426. The van der Waals surface area contributed by atoms with E-state index in [1.54, 1.807) is 28.2 Å². The van der Waals surface area contributed by atoms with E-state index in [-0.39, 0.29) is 0 Å². The van der Waals surface area contributed by atoms with Gasteiger partial charge in [0.2, 0.25) is 6.41 Å². The van der Waals surface area contributed by atoms with E-state index in [1.165, 1.54) is 0 Å². The number of anilines is 1. The second-order valence-corrected chi connectivity index (χ2v) is 7.69. The summed E-state index contributed by atoms with van der Waals surface area (Å²) in [4.78, 5) is 19.7. The Hall–Kier alpha value is -3.36. The molecule has 7 nitrogen and oxygen atoms in total. The maximum atomic E-state index is 10.6. The van der Waals surface area contributed by atoms with Gasteiger partial charge in [0.25, 0.3) is 0 Å². The summed E-state index contributed by atoms with van der Waals surface area (Å²) in [5.41, 5.74) is 7.49. The van der Waals surface area contributed by atoms with Gasteiger partial charge in [0.1, 0.15) is 5.52 Å². The first-order chi connectivity index (χ1) is 14.2. The SMILES string of the molecule is O=CNc1ccc(-c2ccc3nnn(Cc4ccc5ncsc5c4)c3n2)cc1Cl. The lowest BCUT2D eigenvalue weighted by molar-refractivity contribution is -0.105. The van der Waals surface area contributed by atoms with E-state index in [4.69, 9.17) is 16.6 Å². The van der Waals surface area contributed by atoms with Crippen LogP contribution in [0.4, 0.5) is 5.69 Å². The second kappa shape index (κ2) is 7.23. The Morgan fingerprint density at radius 1 is 1.10 bits per heavy atom. The number of hydrogen-bond acceptors (Lipinski definition) is 6. The average molecular weight is 421 g/mol. The van der Waals surface area contributed by atoms with E-state index >= 15 is 0 Å². The number of amides is 1. The zero-order valence-electron chi connectivity index (χ0n) is 14.9. The fourth-order valence-electron chi connectivity index (χ4n) is 3.15. The number of carbonyl (C=O) groups excluding carboxylic acids is 1. The second-order valence-electron chi connectivity index (χ2n) is 6.40. The van der Waals surface area contributed by atoms with Crippen molar-refractivity contribution in [3.8, 4) is 11.3 Å². The summed E-state index contributed by atoms with van der Waals surface area (Å²) >= 11 is 7.86. The van der Waals surface area contributed by atoms with Gasteiger partial charge >= 0.3 is 0 Å². The molecule has 9 heteroatoms. The van der Waals surface area contributed by atoms with Gasteiger partial charge in [0.15, 0.2) is 5.65 Å². The molecule has 0 spiro atoms. The number of nitrogens with zero attached hydrogens (tertiary/aromatic N) is 5. The molecule has 0 saturated carbocycles. The fraction of sp³-hybridized carbons (Fsp3) is 0.0500. The number of halogens is 1. The van der Waals surface area contributed by atoms with Gasteiger partial charge in [0.05, 0.1) is 38.7 Å². The number of benzene rings is 2. The van der Waals surface area contributed by atoms with E-state index in [9.17, 15) is 4.79 Å². The third-order valence-corrected chi connectivity index (χ3v) is 5.67. The molecule has 0 aliphatic heterocycles. The van der Waals surface area contributed by atoms with Crippen molar-refractivity contribution in [2.45, 2.75) is 6.54 Å². The Morgan fingerprint density at radius 3 is 2.86 bits per heavy atom. The molecule has 0 radical (unpaired) electrons. The van der Waals surface area contributed by atoms with Crippen LogP contribution in [-0.4, -0.2) is 31.4 Å². The third kappa shape index (κ3) is 3.32. The molecule has 0 unspecified atom stereocenters. The molecule has 1 N–H and O–H groups in total. The topological polar surface area (TPSA) is 85.6 Å². The summed E-state index contributed by atoms with van der Waals surface area (Å²) in [6, 6.07) is 15.3. The summed E-state index contributed by atoms with van der Waals surface area (Å²) in [6.07, 6.45) is 0.596. The Morgan fingerprint density at radius 2 is 2.00 bits per heavy atom. The van der Waals surface area contributed by atoms with E-state index < -0.39 is 0 Å². The first kappa shape index (κ1) is 17.7. The lowest BCUT2D eigenvalue weighted by Gasteiger charge is -2.07. The van der Waals surface area contributed by atoms with Crippen LogP contribution in [0.1, 0.15) is 5.56 Å². The standard InChI is InChI=1S/C20H13ClN6OS/c21-14-8-13(2-4-16(14)22-10-28)15-5-6-18-20(24-15)27(26-25-18)9-12-1-3-17-19(7-12)29-11-23-17/h1-8,10-11H,9H2,(H,22,28).